The van der Waals surface area contributed by atoms with Gasteiger partial charge in [0.05, 0.1) is 13.2 Å². The average Bonchev–Trinajstić information content (AvgIpc) is 2.55. The third-order valence-electron chi connectivity index (χ3n) is 3.37. The fourth-order valence-electron chi connectivity index (χ4n) is 2.20. The molecule has 1 atom stereocenters. The molecule has 114 valence electrons. The monoisotopic (exact) mass is 291 g/mol. The second kappa shape index (κ2) is 7.75. The van der Waals surface area contributed by atoms with E-state index in [2.05, 4.69) is 16.0 Å². The SMILES string of the molecule is CNC(=O)c1cccc(CCNC(=O)C2COCCN2)c1. The van der Waals surface area contributed by atoms with Crippen molar-refractivity contribution < 1.29 is 14.3 Å². The lowest BCUT2D eigenvalue weighted by Gasteiger charge is -2.22. The second-order valence-corrected chi connectivity index (χ2v) is 4.90. The summed E-state index contributed by atoms with van der Waals surface area (Å²) < 4.78 is 5.25. The molecule has 0 saturated carbocycles. The number of amides is 2. The highest BCUT2D eigenvalue weighted by Crippen LogP contribution is 2.05. The Labute approximate surface area is 124 Å². The molecule has 2 amide bonds. The summed E-state index contributed by atoms with van der Waals surface area (Å²) in [4.78, 5) is 23.4. The number of carbonyl (C=O) groups is 2. The van der Waals surface area contributed by atoms with Crippen LogP contribution >= 0.6 is 0 Å². The molecule has 1 saturated heterocycles. The van der Waals surface area contributed by atoms with Crippen LogP contribution in [0.25, 0.3) is 0 Å². The molecule has 0 spiro atoms. The van der Waals surface area contributed by atoms with Gasteiger partial charge in [-0.15, -0.1) is 0 Å². The molecule has 1 aromatic carbocycles. The van der Waals surface area contributed by atoms with E-state index in [1.807, 2.05) is 18.2 Å². The Balaban J connectivity index is 1.80. The molecule has 1 aromatic rings. The van der Waals surface area contributed by atoms with Crippen molar-refractivity contribution in [2.24, 2.45) is 0 Å². The van der Waals surface area contributed by atoms with E-state index >= 15 is 0 Å². The Morgan fingerprint density at radius 1 is 1.43 bits per heavy atom. The molecule has 21 heavy (non-hydrogen) atoms. The fourth-order valence-corrected chi connectivity index (χ4v) is 2.20. The first-order valence-corrected chi connectivity index (χ1v) is 7.10. The van der Waals surface area contributed by atoms with E-state index in [0.29, 0.717) is 38.3 Å². The molecule has 0 bridgehead atoms. The third kappa shape index (κ3) is 4.54. The minimum Gasteiger partial charge on any atom is -0.378 e. The number of ether oxygens (including phenoxy) is 1. The van der Waals surface area contributed by atoms with Crippen molar-refractivity contribution in [1.82, 2.24) is 16.0 Å². The Bertz CT molecular complexity index is 499. The van der Waals surface area contributed by atoms with Crippen LogP contribution in [-0.4, -0.2) is 51.2 Å². The van der Waals surface area contributed by atoms with Gasteiger partial charge in [0.1, 0.15) is 6.04 Å². The summed E-state index contributed by atoms with van der Waals surface area (Å²) in [6, 6.07) is 7.13. The molecule has 0 aliphatic carbocycles. The van der Waals surface area contributed by atoms with Crippen LogP contribution in [0, 0.1) is 0 Å². The van der Waals surface area contributed by atoms with Crippen LogP contribution in [0.5, 0.6) is 0 Å². The highest BCUT2D eigenvalue weighted by molar-refractivity contribution is 5.94. The van der Waals surface area contributed by atoms with Crippen LogP contribution in [0.2, 0.25) is 0 Å². The fraction of sp³-hybridized carbons (Fsp3) is 0.467. The summed E-state index contributed by atoms with van der Waals surface area (Å²) in [5.41, 5.74) is 1.65. The van der Waals surface area contributed by atoms with Gasteiger partial charge in [0.15, 0.2) is 0 Å². The maximum Gasteiger partial charge on any atom is 0.251 e. The topological polar surface area (TPSA) is 79.5 Å². The highest BCUT2D eigenvalue weighted by Gasteiger charge is 2.20. The number of rotatable bonds is 5. The second-order valence-electron chi connectivity index (χ2n) is 4.90. The van der Waals surface area contributed by atoms with Crippen LogP contribution in [0.1, 0.15) is 15.9 Å². The minimum absolute atomic E-state index is 0.0443. The van der Waals surface area contributed by atoms with Gasteiger partial charge in [-0.05, 0) is 24.1 Å². The Morgan fingerprint density at radius 2 is 2.29 bits per heavy atom. The zero-order valence-electron chi connectivity index (χ0n) is 12.1. The maximum atomic E-state index is 11.9. The molecule has 6 heteroatoms. The molecule has 1 aliphatic rings. The van der Waals surface area contributed by atoms with Crippen molar-refractivity contribution >= 4 is 11.8 Å². The van der Waals surface area contributed by atoms with Gasteiger partial charge in [-0.1, -0.05) is 12.1 Å². The van der Waals surface area contributed by atoms with Crippen molar-refractivity contribution in [3.8, 4) is 0 Å². The van der Waals surface area contributed by atoms with Gasteiger partial charge in [-0.3, -0.25) is 9.59 Å². The molecule has 0 radical (unpaired) electrons. The normalized spacial score (nSPS) is 18.0. The lowest BCUT2D eigenvalue weighted by Crippen LogP contribution is -2.51. The summed E-state index contributed by atoms with van der Waals surface area (Å²) in [6.07, 6.45) is 0.685. The average molecular weight is 291 g/mol. The van der Waals surface area contributed by atoms with E-state index in [-0.39, 0.29) is 17.9 Å². The molecule has 1 unspecified atom stereocenters. The number of nitrogens with one attached hydrogen (secondary N) is 3. The number of morpholine rings is 1. The van der Waals surface area contributed by atoms with Crippen molar-refractivity contribution in [2.45, 2.75) is 12.5 Å². The quantitative estimate of drug-likeness (QED) is 0.695. The molecule has 6 nitrogen and oxygen atoms in total. The van der Waals surface area contributed by atoms with E-state index in [9.17, 15) is 9.59 Å². The van der Waals surface area contributed by atoms with E-state index in [4.69, 9.17) is 4.74 Å². The number of benzene rings is 1. The van der Waals surface area contributed by atoms with Crippen LogP contribution in [0.4, 0.5) is 0 Å². The molecule has 1 aliphatic heterocycles. The zero-order valence-corrected chi connectivity index (χ0v) is 12.1. The maximum absolute atomic E-state index is 11.9. The van der Waals surface area contributed by atoms with Crippen molar-refractivity contribution in [2.75, 3.05) is 33.4 Å². The Hall–Kier alpha value is -1.92. The first-order chi connectivity index (χ1) is 10.2. The largest absolute Gasteiger partial charge is 0.378 e. The molecular weight excluding hydrogens is 270 g/mol. The van der Waals surface area contributed by atoms with Crippen molar-refractivity contribution in [1.29, 1.82) is 0 Å². The third-order valence-corrected chi connectivity index (χ3v) is 3.37. The predicted molar refractivity (Wildman–Crippen MR) is 79.2 cm³/mol. The number of carbonyl (C=O) groups excluding carboxylic acids is 2. The standard InChI is InChI=1S/C15H21N3O3/c1-16-14(19)12-4-2-3-11(9-12)5-6-18-15(20)13-10-21-8-7-17-13/h2-4,9,13,17H,5-8,10H2,1H3,(H,16,19)(H,18,20). The smallest absolute Gasteiger partial charge is 0.251 e. The molecular formula is C15H21N3O3. The predicted octanol–water partition coefficient (Wildman–Crippen LogP) is -0.307. The van der Waals surface area contributed by atoms with E-state index in [1.54, 1.807) is 13.1 Å². The van der Waals surface area contributed by atoms with Crippen LogP contribution in [0.15, 0.2) is 24.3 Å². The molecule has 1 fully saturated rings. The van der Waals surface area contributed by atoms with Gasteiger partial charge in [0.2, 0.25) is 5.91 Å². The summed E-state index contributed by atoms with van der Waals surface area (Å²) >= 11 is 0. The van der Waals surface area contributed by atoms with E-state index < -0.39 is 0 Å². The van der Waals surface area contributed by atoms with E-state index in [0.717, 1.165) is 5.56 Å². The highest BCUT2D eigenvalue weighted by atomic mass is 16.5. The summed E-state index contributed by atoms with van der Waals surface area (Å²) in [5.74, 6) is -0.151. The Kier molecular flexibility index (Phi) is 5.71. The Morgan fingerprint density at radius 3 is 3.00 bits per heavy atom. The number of hydrogen-bond donors (Lipinski definition) is 3. The molecule has 0 aromatic heterocycles. The minimum atomic E-state index is -0.268. The summed E-state index contributed by atoms with van der Waals surface area (Å²) in [6.45, 7) is 2.30. The lowest BCUT2D eigenvalue weighted by molar-refractivity contribution is -0.125. The van der Waals surface area contributed by atoms with Gasteiger partial charge in [0, 0.05) is 25.7 Å². The summed E-state index contributed by atoms with van der Waals surface area (Å²) in [5, 5.41) is 8.59. The van der Waals surface area contributed by atoms with Gasteiger partial charge >= 0.3 is 0 Å². The molecule has 2 rings (SSSR count). The van der Waals surface area contributed by atoms with Gasteiger partial charge < -0.3 is 20.7 Å². The molecule has 3 N–H and O–H groups in total. The first-order valence-electron chi connectivity index (χ1n) is 7.10. The van der Waals surface area contributed by atoms with Crippen LogP contribution in [0.3, 0.4) is 0 Å². The van der Waals surface area contributed by atoms with Crippen molar-refractivity contribution in [3.05, 3.63) is 35.4 Å². The van der Waals surface area contributed by atoms with E-state index in [1.165, 1.54) is 0 Å². The number of hydrogen-bond acceptors (Lipinski definition) is 4. The summed E-state index contributed by atoms with van der Waals surface area (Å²) in [7, 11) is 1.61. The lowest BCUT2D eigenvalue weighted by atomic mass is 10.1. The first kappa shape index (κ1) is 15.5. The van der Waals surface area contributed by atoms with Gasteiger partial charge in [-0.2, -0.15) is 0 Å². The zero-order chi connectivity index (χ0) is 15.1. The van der Waals surface area contributed by atoms with Crippen LogP contribution in [-0.2, 0) is 16.0 Å². The van der Waals surface area contributed by atoms with Gasteiger partial charge in [0.25, 0.3) is 5.91 Å². The van der Waals surface area contributed by atoms with Crippen LogP contribution < -0.4 is 16.0 Å². The molecule has 1 heterocycles. The van der Waals surface area contributed by atoms with Crippen molar-refractivity contribution in [3.63, 3.8) is 0 Å². The van der Waals surface area contributed by atoms with Gasteiger partial charge in [-0.25, -0.2) is 0 Å².